The van der Waals surface area contributed by atoms with Crippen molar-refractivity contribution < 1.29 is 22.7 Å². The fraction of sp³-hybridized carbons (Fsp3) is 0.227. The van der Waals surface area contributed by atoms with Crippen molar-refractivity contribution in [3.8, 4) is 5.75 Å². The van der Waals surface area contributed by atoms with E-state index in [4.69, 9.17) is 4.74 Å². The van der Waals surface area contributed by atoms with Crippen molar-refractivity contribution in [3.63, 3.8) is 0 Å². The lowest BCUT2D eigenvalue weighted by Gasteiger charge is -2.13. The minimum atomic E-state index is -3.96. The Labute approximate surface area is 191 Å². The fourth-order valence-corrected chi connectivity index (χ4v) is 4.55. The van der Waals surface area contributed by atoms with Gasteiger partial charge >= 0.3 is 0 Å². The van der Waals surface area contributed by atoms with Crippen LogP contribution in [0.2, 0.25) is 0 Å². The van der Waals surface area contributed by atoms with E-state index >= 15 is 0 Å². The molecule has 1 saturated heterocycles. The summed E-state index contributed by atoms with van der Waals surface area (Å²) in [5.74, 6) is -0.326. The molecule has 33 heavy (non-hydrogen) atoms. The van der Waals surface area contributed by atoms with Crippen LogP contribution in [0.1, 0.15) is 33.7 Å². The molecule has 2 aromatic heterocycles. The van der Waals surface area contributed by atoms with Gasteiger partial charge in [0.2, 0.25) is 0 Å². The van der Waals surface area contributed by atoms with E-state index in [1.165, 1.54) is 43.8 Å². The van der Waals surface area contributed by atoms with Gasteiger partial charge in [-0.1, -0.05) is 0 Å². The van der Waals surface area contributed by atoms with Crippen LogP contribution in [-0.2, 0) is 10.0 Å². The molecule has 10 nitrogen and oxygen atoms in total. The van der Waals surface area contributed by atoms with Gasteiger partial charge in [0.25, 0.3) is 21.8 Å². The Morgan fingerprint density at radius 2 is 1.94 bits per heavy atom. The average Bonchev–Trinajstić information content (AvgIpc) is 3.53. The molecular weight excluding hydrogens is 446 g/mol. The van der Waals surface area contributed by atoms with Gasteiger partial charge in [-0.2, -0.15) is 0 Å². The monoisotopic (exact) mass is 469 g/mol. The molecule has 3 heterocycles. The number of carbonyl (C=O) groups excluding carboxylic acids is 2. The van der Waals surface area contributed by atoms with Crippen molar-refractivity contribution in [2.45, 2.75) is 17.7 Å². The van der Waals surface area contributed by atoms with Gasteiger partial charge in [-0.3, -0.25) is 19.3 Å². The molecule has 172 valence electrons. The van der Waals surface area contributed by atoms with E-state index in [1.54, 1.807) is 23.2 Å². The zero-order chi connectivity index (χ0) is 23.4. The molecule has 1 aromatic carbocycles. The number of H-pyrrole nitrogens is 1. The highest BCUT2D eigenvalue weighted by Gasteiger charge is 2.24. The molecular formula is C22H23N5O5S. The van der Waals surface area contributed by atoms with E-state index in [0.717, 1.165) is 12.8 Å². The second-order valence-corrected chi connectivity index (χ2v) is 9.15. The van der Waals surface area contributed by atoms with Gasteiger partial charge in [0.05, 0.1) is 24.0 Å². The van der Waals surface area contributed by atoms with Crippen LogP contribution >= 0.6 is 0 Å². The highest BCUT2D eigenvalue weighted by atomic mass is 32.2. The van der Waals surface area contributed by atoms with Gasteiger partial charge in [0.15, 0.2) is 0 Å². The lowest BCUT2D eigenvalue weighted by Crippen LogP contribution is -2.27. The molecule has 1 fully saturated rings. The number of aromatic nitrogens is 2. The summed E-state index contributed by atoms with van der Waals surface area (Å²) >= 11 is 0. The smallest absolute Gasteiger partial charge is 0.270 e. The van der Waals surface area contributed by atoms with Gasteiger partial charge < -0.3 is 19.9 Å². The molecule has 3 aromatic rings. The van der Waals surface area contributed by atoms with Crippen molar-refractivity contribution in [2.24, 2.45) is 0 Å². The van der Waals surface area contributed by atoms with Crippen molar-refractivity contribution in [1.29, 1.82) is 0 Å². The number of ether oxygens (including phenoxy) is 1. The first-order valence-corrected chi connectivity index (χ1v) is 11.8. The van der Waals surface area contributed by atoms with E-state index in [-0.39, 0.29) is 33.8 Å². The predicted octanol–water partition coefficient (Wildman–Crippen LogP) is 2.71. The molecule has 0 atom stereocenters. The maximum Gasteiger partial charge on any atom is 0.270 e. The van der Waals surface area contributed by atoms with Gasteiger partial charge in [0.1, 0.15) is 16.3 Å². The number of pyridine rings is 1. The molecule has 1 aliphatic rings. The number of carbonyl (C=O) groups is 2. The first kappa shape index (κ1) is 22.3. The Kier molecular flexibility index (Phi) is 6.31. The normalized spacial score (nSPS) is 13.5. The van der Waals surface area contributed by atoms with Gasteiger partial charge in [-0.05, 0) is 43.2 Å². The zero-order valence-electron chi connectivity index (χ0n) is 17.9. The third-order valence-corrected chi connectivity index (χ3v) is 6.58. The second kappa shape index (κ2) is 9.33. The molecule has 0 unspecified atom stereocenters. The predicted molar refractivity (Wildman–Crippen MR) is 122 cm³/mol. The van der Waals surface area contributed by atoms with E-state index in [0.29, 0.717) is 24.3 Å². The number of likely N-dealkylation sites (tertiary alicyclic amines) is 1. The van der Waals surface area contributed by atoms with Crippen LogP contribution in [0.25, 0.3) is 0 Å². The maximum atomic E-state index is 12.8. The van der Waals surface area contributed by atoms with E-state index in [9.17, 15) is 18.0 Å². The largest absolute Gasteiger partial charge is 0.494 e. The molecule has 0 spiro atoms. The highest BCUT2D eigenvalue weighted by molar-refractivity contribution is 7.92. The van der Waals surface area contributed by atoms with Crippen LogP contribution in [0, 0.1) is 0 Å². The topological polar surface area (TPSA) is 133 Å². The molecule has 1 aliphatic heterocycles. The number of hydrogen-bond donors (Lipinski definition) is 3. The summed E-state index contributed by atoms with van der Waals surface area (Å²) in [5.41, 5.74) is 1.20. The Bertz CT molecular complexity index is 1270. The quantitative estimate of drug-likeness (QED) is 0.487. The summed E-state index contributed by atoms with van der Waals surface area (Å²) < 4.78 is 33.4. The number of benzene rings is 1. The summed E-state index contributed by atoms with van der Waals surface area (Å²) in [6.45, 7) is 1.34. The number of hydrogen-bond acceptors (Lipinski definition) is 6. The average molecular weight is 470 g/mol. The standard InChI is InChI=1S/C22H23N5O5S/c1-32-20-11-16(6-7-18(20)25-21(28)15-5-4-8-23-13-15)26-33(30,31)17-12-19(24-14-17)22(29)27-9-2-3-10-27/h4-8,11-14,24,26H,2-3,9-10H2,1H3,(H,25,28). The Balaban J connectivity index is 1.49. The summed E-state index contributed by atoms with van der Waals surface area (Å²) in [6.07, 6.45) is 6.17. The molecule has 2 amide bonds. The van der Waals surface area contributed by atoms with E-state index < -0.39 is 10.0 Å². The number of aromatic amines is 1. The zero-order valence-corrected chi connectivity index (χ0v) is 18.7. The van der Waals surface area contributed by atoms with Crippen molar-refractivity contribution in [2.75, 3.05) is 30.2 Å². The van der Waals surface area contributed by atoms with Crippen molar-refractivity contribution in [3.05, 3.63) is 66.2 Å². The first-order valence-electron chi connectivity index (χ1n) is 10.3. The number of rotatable bonds is 7. The Morgan fingerprint density at radius 3 is 2.64 bits per heavy atom. The molecule has 0 saturated carbocycles. The van der Waals surface area contributed by atoms with Gasteiger partial charge in [-0.25, -0.2) is 8.42 Å². The van der Waals surface area contributed by atoms with Crippen LogP contribution in [0.3, 0.4) is 0 Å². The van der Waals surface area contributed by atoms with Crippen molar-refractivity contribution >= 4 is 33.2 Å². The minimum Gasteiger partial charge on any atom is -0.494 e. The summed E-state index contributed by atoms with van der Waals surface area (Å²) in [7, 11) is -2.54. The SMILES string of the molecule is COc1cc(NS(=O)(=O)c2c[nH]c(C(=O)N3CCCC3)c2)ccc1NC(=O)c1cccnc1. The number of nitrogens with one attached hydrogen (secondary N) is 3. The maximum absolute atomic E-state index is 12.8. The number of methoxy groups -OCH3 is 1. The third-order valence-electron chi connectivity index (χ3n) is 5.22. The van der Waals surface area contributed by atoms with Crippen LogP contribution in [0.4, 0.5) is 11.4 Å². The Hall–Kier alpha value is -3.86. The summed E-state index contributed by atoms with van der Waals surface area (Å²) in [6, 6.07) is 9.08. The highest BCUT2D eigenvalue weighted by Crippen LogP contribution is 2.30. The molecule has 11 heteroatoms. The first-order chi connectivity index (χ1) is 15.9. The number of anilines is 2. The number of nitrogens with zero attached hydrogens (tertiary/aromatic N) is 2. The van der Waals surface area contributed by atoms with Crippen LogP contribution in [0.15, 0.2) is 59.9 Å². The third kappa shape index (κ3) is 4.98. The molecule has 4 rings (SSSR count). The molecule has 3 N–H and O–H groups in total. The minimum absolute atomic E-state index is 0.0574. The number of sulfonamides is 1. The lowest BCUT2D eigenvalue weighted by molar-refractivity contribution is 0.0787. The van der Waals surface area contributed by atoms with Crippen LogP contribution in [-0.4, -0.2) is 55.3 Å². The Morgan fingerprint density at radius 1 is 1.15 bits per heavy atom. The lowest BCUT2D eigenvalue weighted by atomic mass is 10.2. The van der Waals surface area contributed by atoms with Gasteiger partial charge in [0, 0.05) is 37.7 Å². The molecule has 0 bridgehead atoms. The summed E-state index contributed by atoms with van der Waals surface area (Å²) in [4.78, 5) is 33.2. The molecule has 0 aliphatic carbocycles. The van der Waals surface area contributed by atoms with Crippen molar-refractivity contribution in [1.82, 2.24) is 14.9 Å². The van der Waals surface area contributed by atoms with E-state index in [1.807, 2.05) is 0 Å². The molecule has 0 radical (unpaired) electrons. The van der Waals surface area contributed by atoms with Crippen LogP contribution in [0.5, 0.6) is 5.75 Å². The van der Waals surface area contributed by atoms with Gasteiger partial charge in [-0.15, -0.1) is 0 Å². The second-order valence-electron chi connectivity index (χ2n) is 7.46. The van der Waals surface area contributed by atoms with Crippen LogP contribution < -0.4 is 14.8 Å². The summed E-state index contributed by atoms with van der Waals surface area (Å²) in [5, 5.41) is 2.71. The van der Waals surface area contributed by atoms with E-state index in [2.05, 4.69) is 20.0 Å². The fourth-order valence-electron chi connectivity index (χ4n) is 3.51. The number of amides is 2.